The Bertz CT molecular complexity index is 586. The first-order valence-electron chi connectivity index (χ1n) is 7.50. The molecule has 0 unspecified atom stereocenters. The minimum atomic E-state index is -0.420. The summed E-state index contributed by atoms with van der Waals surface area (Å²) in [6, 6.07) is 5.86. The molecule has 2 bridgehead atoms. The van der Waals surface area contributed by atoms with Gasteiger partial charge in [0.05, 0.1) is 6.10 Å². The third-order valence-corrected chi connectivity index (χ3v) is 4.38. The van der Waals surface area contributed by atoms with E-state index in [2.05, 4.69) is 6.92 Å². The van der Waals surface area contributed by atoms with E-state index in [0.29, 0.717) is 11.6 Å². The van der Waals surface area contributed by atoms with Crippen LogP contribution in [-0.2, 0) is 24.5 Å². The van der Waals surface area contributed by atoms with Gasteiger partial charge in [-0.05, 0) is 37.6 Å². The quantitative estimate of drug-likeness (QED) is 0.769. The Kier molecular flexibility index (Phi) is 4.46. The fourth-order valence-electron chi connectivity index (χ4n) is 3.28. The molecule has 4 nitrogen and oxygen atoms in total. The van der Waals surface area contributed by atoms with Gasteiger partial charge in [-0.2, -0.15) is 0 Å². The molecule has 0 saturated heterocycles. The number of fused-ring (bicyclic) bond motifs is 4. The van der Waals surface area contributed by atoms with Gasteiger partial charge >= 0.3 is 0 Å². The van der Waals surface area contributed by atoms with Crippen molar-refractivity contribution in [3.05, 3.63) is 46.2 Å². The first-order chi connectivity index (χ1) is 10.6. The highest BCUT2D eigenvalue weighted by molar-refractivity contribution is 6.30. The lowest BCUT2D eigenvalue weighted by atomic mass is 9.79. The fraction of sp³-hybridized carbons (Fsp3) is 0.529. The summed E-state index contributed by atoms with van der Waals surface area (Å²) in [5, 5.41) is 0.690. The lowest BCUT2D eigenvalue weighted by molar-refractivity contribution is -0.130. The van der Waals surface area contributed by atoms with Gasteiger partial charge in [0.1, 0.15) is 24.3 Å². The zero-order valence-electron chi connectivity index (χ0n) is 13.1. The van der Waals surface area contributed by atoms with Crippen LogP contribution in [0.2, 0.25) is 5.02 Å². The van der Waals surface area contributed by atoms with Gasteiger partial charge in [0.15, 0.2) is 0 Å². The topological polar surface area (TPSA) is 36.9 Å². The lowest BCUT2D eigenvalue weighted by Crippen LogP contribution is -2.41. The Morgan fingerprint density at radius 1 is 1.36 bits per heavy atom. The molecule has 0 fully saturated rings. The molecule has 1 aromatic rings. The van der Waals surface area contributed by atoms with Crippen LogP contribution < -0.4 is 0 Å². The average molecular weight is 325 g/mol. The van der Waals surface area contributed by atoms with E-state index in [1.807, 2.05) is 31.2 Å². The van der Waals surface area contributed by atoms with Crippen LogP contribution in [0.25, 0.3) is 0 Å². The van der Waals surface area contributed by atoms with E-state index in [9.17, 15) is 0 Å². The fourth-order valence-corrected chi connectivity index (χ4v) is 3.46. The van der Waals surface area contributed by atoms with Crippen molar-refractivity contribution in [2.24, 2.45) is 0 Å². The van der Waals surface area contributed by atoms with Gasteiger partial charge in [0.25, 0.3) is 0 Å². The molecule has 2 aliphatic heterocycles. The summed E-state index contributed by atoms with van der Waals surface area (Å²) < 4.78 is 22.9. The Balaban J connectivity index is 2.06. The van der Waals surface area contributed by atoms with E-state index < -0.39 is 5.60 Å². The van der Waals surface area contributed by atoms with Crippen LogP contribution in [0.5, 0.6) is 0 Å². The van der Waals surface area contributed by atoms with E-state index >= 15 is 0 Å². The standard InChI is InChI=1S/C17H21ClO4/c1-4-20-12-8-15-16(21-10-19-3)13-7-11(18)5-6-14(13)17(2,9-12)22-15/h5-8,12,16H,4,9-10H2,1-3H3/t12-,16+,17+/m0/s1. The SMILES string of the molecule is CCO[C@H]1C=C2O[C@](C)(C1)c1ccc(Cl)cc1[C@H]2OCOC. The van der Waals surface area contributed by atoms with Gasteiger partial charge in [0, 0.05) is 30.7 Å². The first-order valence-corrected chi connectivity index (χ1v) is 7.88. The molecule has 0 radical (unpaired) electrons. The molecule has 0 aliphatic carbocycles. The van der Waals surface area contributed by atoms with Gasteiger partial charge in [-0.1, -0.05) is 17.7 Å². The molecule has 0 saturated carbocycles. The predicted molar refractivity (Wildman–Crippen MR) is 83.7 cm³/mol. The highest BCUT2D eigenvalue weighted by atomic mass is 35.5. The van der Waals surface area contributed by atoms with Gasteiger partial charge < -0.3 is 18.9 Å². The number of methoxy groups -OCH3 is 1. The second-order valence-corrected chi connectivity index (χ2v) is 6.22. The van der Waals surface area contributed by atoms with Crippen molar-refractivity contribution >= 4 is 11.6 Å². The van der Waals surface area contributed by atoms with Crippen LogP contribution >= 0.6 is 11.6 Å². The molecule has 0 spiro atoms. The molecule has 0 amide bonds. The summed E-state index contributed by atoms with van der Waals surface area (Å²) in [6.07, 6.45) is 2.49. The van der Waals surface area contributed by atoms with E-state index in [0.717, 1.165) is 23.3 Å². The molecular formula is C17H21ClO4. The number of hydrogen-bond acceptors (Lipinski definition) is 4. The molecule has 120 valence electrons. The summed E-state index contributed by atoms with van der Waals surface area (Å²) in [7, 11) is 1.60. The molecule has 5 heteroatoms. The van der Waals surface area contributed by atoms with Crippen molar-refractivity contribution in [3.8, 4) is 0 Å². The summed E-state index contributed by atoms with van der Waals surface area (Å²) in [5.74, 6) is 0.777. The van der Waals surface area contributed by atoms with Gasteiger partial charge in [-0.3, -0.25) is 0 Å². The number of ether oxygens (including phenoxy) is 4. The van der Waals surface area contributed by atoms with Gasteiger partial charge in [0.2, 0.25) is 0 Å². The minimum absolute atomic E-state index is 0.0243. The molecule has 3 atom stereocenters. The van der Waals surface area contributed by atoms with E-state index in [4.69, 9.17) is 30.5 Å². The van der Waals surface area contributed by atoms with E-state index in [1.165, 1.54) is 0 Å². The molecule has 3 rings (SSSR count). The summed E-state index contributed by atoms with van der Waals surface area (Å²) in [4.78, 5) is 0. The first kappa shape index (κ1) is 15.8. The molecule has 1 aromatic carbocycles. The lowest BCUT2D eigenvalue weighted by Gasteiger charge is -2.45. The van der Waals surface area contributed by atoms with Crippen molar-refractivity contribution in [2.75, 3.05) is 20.5 Å². The number of benzene rings is 1. The maximum absolute atomic E-state index is 6.22. The Labute approximate surface area is 136 Å². The molecular weight excluding hydrogens is 304 g/mol. The number of hydrogen-bond donors (Lipinski definition) is 0. The average Bonchev–Trinajstić information content (AvgIpc) is 2.46. The predicted octanol–water partition coefficient (Wildman–Crippen LogP) is 3.94. The highest BCUT2D eigenvalue weighted by Gasteiger charge is 2.46. The van der Waals surface area contributed by atoms with Gasteiger partial charge in [-0.15, -0.1) is 0 Å². The molecule has 2 aliphatic rings. The van der Waals surface area contributed by atoms with Crippen molar-refractivity contribution in [3.63, 3.8) is 0 Å². The third-order valence-electron chi connectivity index (χ3n) is 4.14. The second-order valence-electron chi connectivity index (χ2n) is 5.78. The van der Waals surface area contributed by atoms with Crippen molar-refractivity contribution in [1.29, 1.82) is 0 Å². The van der Waals surface area contributed by atoms with Crippen LogP contribution in [0.1, 0.15) is 37.5 Å². The molecule has 22 heavy (non-hydrogen) atoms. The Hall–Kier alpha value is -1.07. The molecule has 0 aromatic heterocycles. The second kappa shape index (κ2) is 6.20. The van der Waals surface area contributed by atoms with Crippen LogP contribution in [0, 0.1) is 0 Å². The Morgan fingerprint density at radius 2 is 2.18 bits per heavy atom. The summed E-state index contributed by atoms with van der Waals surface area (Å²) in [6.45, 7) is 4.94. The maximum Gasteiger partial charge on any atom is 0.147 e. The van der Waals surface area contributed by atoms with E-state index in [1.54, 1.807) is 7.11 Å². The maximum atomic E-state index is 6.22. The normalized spacial score (nSPS) is 29.5. The van der Waals surface area contributed by atoms with Crippen molar-refractivity contribution in [1.82, 2.24) is 0 Å². The van der Waals surface area contributed by atoms with Gasteiger partial charge in [-0.25, -0.2) is 0 Å². The number of rotatable bonds is 5. The summed E-state index contributed by atoms with van der Waals surface area (Å²) >= 11 is 6.18. The van der Waals surface area contributed by atoms with E-state index in [-0.39, 0.29) is 19.0 Å². The zero-order valence-corrected chi connectivity index (χ0v) is 13.9. The largest absolute Gasteiger partial charge is 0.484 e. The molecule has 2 heterocycles. The minimum Gasteiger partial charge on any atom is -0.484 e. The monoisotopic (exact) mass is 324 g/mol. The molecule has 0 N–H and O–H groups in total. The zero-order chi connectivity index (χ0) is 15.7. The smallest absolute Gasteiger partial charge is 0.147 e. The van der Waals surface area contributed by atoms with Crippen LogP contribution in [-0.4, -0.2) is 26.6 Å². The Morgan fingerprint density at radius 3 is 2.91 bits per heavy atom. The highest BCUT2D eigenvalue weighted by Crippen LogP contribution is 2.50. The summed E-state index contributed by atoms with van der Waals surface area (Å²) in [5.41, 5.74) is 1.72. The van der Waals surface area contributed by atoms with Crippen molar-refractivity contribution in [2.45, 2.75) is 38.1 Å². The van der Waals surface area contributed by atoms with Crippen LogP contribution in [0.15, 0.2) is 30.0 Å². The number of halogens is 1. The van der Waals surface area contributed by atoms with Crippen molar-refractivity contribution < 1.29 is 18.9 Å². The van der Waals surface area contributed by atoms with Crippen LogP contribution in [0.4, 0.5) is 0 Å². The third kappa shape index (κ3) is 2.76. The van der Waals surface area contributed by atoms with Crippen LogP contribution in [0.3, 0.4) is 0 Å².